The first-order valence-corrected chi connectivity index (χ1v) is 10.3. The van der Waals surface area contributed by atoms with Gasteiger partial charge in [-0.25, -0.2) is 4.98 Å². The van der Waals surface area contributed by atoms with Crippen LogP contribution in [0.5, 0.6) is 5.75 Å². The normalized spacial score (nSPS) is 11.0. The highest BCUT2D eigenvalue weighted by molar-refractivity contribution is 7.22. The van der Waals surface area contributed by atoms with E-state index >= 15 is 0 Å². The Balaban J connectivity index is 1.76. The summed E-state index contributed by atoms with van der Waals surface area (Å²) < 4.78 is 8.41. The highest BCUT2D eigenvalue weighted by Gasteiger charge is 2.24. The van der Waals surface area contributed by atoms with Crippen molar-refractivity contribution < 1.29 is 9.53 Å². The van der Waals surface area contributed by atoms with E-state index in [0.717, 1.165) is 21.5 Å². The van der Waals surface area contributed by atoms with Crippen molar-refractivity contribution in [3.05, 3.63) is 66.2 Å². The number of anilines is 1. The number of benzene rings is 1. The zero-order valence-electron chi connectivity index (χ0n) is 16.3. The molecule has 3 heterocycles. The average Bonchev–Trinajstić information content (AvgIpc) is 3.40. The van der Waals surface area contributed by atoms with Crippen LogP contribution in [0.4, 0.5) is 5.13 Å². The number of carbonyl (C=O) groups excluding carboxylic acids is 1. The molecule has 0 N–H and O–H groups in total. The first kappa shape index (κ1) is 19.1. The summed E-state index contributed by atoms with van der Waals surface area (Å²) in [5.74, 6) is 0.523. The first-order valence-electron chi connectivity index (χ1n) is 9.46. The molecule has 1 aromatic carbocycles. The Kier molecular flexibility index (Phi) is 5.53. The van der Waals surface area contributed by atoms with E-state index in [0.29, 0.717) is 30.5 Å². The standard InChI is InChI=1S/C21H21N5O2S/c1-3-25-12-10-16(24-25)20(27)26(14-15-7-6-11-22-13-15)21-23-19-17(28-4-2)8-5-9-18(19)29-21/h5-13H,3-4,14H2,1-2H3. The van der Waals surface area contributed by atoms with Crippen LogP contribution in [-0.2, 0) is 13.1 Å². The molecule has 0 aliphatic heterocycles. The third-order valence-corrected chi connectivity index (χ3v) is 5.44. The Morgan fingerprint density at radius 3 is 2.83 bits per heavy atom. The van der Waals surface area contributed by atoms with E-state index in [4.69, 9.17) is 9.72 Å². The molecule has 148 valence electrons. The summed E-state index contributed by atoms with van der Waals surface area (Å²) >= 11 is 1.46. The Labute approximate surface area is 172 Å². The molecule has 4 rings (SSSR count). The van der Waals surface area contributed by atoms with Gasteiger partial charge in [0.25, 0.3) is 5.91 Å². The van der Waals surface area contributed by atoms with E-state index in [1.807, 2.05) is 44.2 Å². The van der Waals surface area contributed by atoms with Gasteiger partial charge in [-0.15, -0.1) is 0 Å². The number of aryl methyl sites for hydroxylation is 1. The van der Waals surface area contributed by atoms with Crippen molar-refractivity contribution in [2.75, 3.05) is 11.5 Å². The molecule has 0 radical (unpaired) electrons. The molecule has 0 aliphatic carbocycles. The summed E-state index contributed by atoms with van der Waals surface area (Å²) in [5.41, 5.74) is 2.07. The number of fused-ring (bicyclic) bond motifs is 1. The van der Waals surface area contributed by atoms with E-state index < -0.39 is 0 Å². The van der Waals surface area contributed by atoms with E-state index in [1.54, 1.807) is 34.2 Å². The number of amides is 1. The van der Waals surface area contributed by atoms with Crippen LogP contribution in [0.25, 0.3) is 10.2 Å². The topological polar surface area (TPSA) is 73.1 Å². The van der Waals surface area contributed by atoms with Crippen LogP contribution in [-0.4, -0.2) is 32.3 Å². The molecule has 0 bridgehead atoms. The summed E-state index contributed by atoms with van der Waals surface area (Å²) in [7, 11) is 0. The minimum Gasteiger partial charge on any atom is -0.492 e. The number of para-hydroxylation sites is 1. The fourth-order valence-electron chi connectivity index (χ4n) is 2.99. The second-order valence-electron chi connectivity index (χ2n) is 6.34. The number of aromatic nitrogens is 4. The van der Waals surface area contributed by atoms with Crippen molar-refractivity contribution in [2.24, 2.45) is 0 Å². The lowest BCUT2D eigenvalue weighted by Gasteiger charge is -2.18. The lowest BCUT2D eigenvalue weighted by Crippen LogP contribution is -2.30. The largest absolute Gasteiger partial charge is 0.492 e. The predicted octanol–water partition coefficient (Wildman–Crippen LogP) is 4.15. The van der Waals surface area contributed by atoms with Crippen LogP contribution in [0.15, 0.2) is 55.0 Å². The molecular formula is C21H21N5O2S. The average molecular weight is 407 g/mol. The zero-order valence-corrected chi connectivity index (χ0v) is 17.1. The van der Waals surface area contributed by atoms with Crippen LogP contribution in [0.1, 0.15) is 29.9 Å². The molecule has 0 saturated heterocycles. The molecule has 0 atom stereocenters. The number of carbonyl (C=O) groups is 1. The highest BCUT2D eigenvalue weighted by Crippen LogP contribution is 2.35. The van der Waals surface area contributed by atoms with Gasteiger partial charge in [-0.1, -0.05) is 23.5 Å². The van der Waals surface area contributed by atoms with E-state index in [-0.39, 0.29) is 5.91 Å². The molecule has 29 heavy (non-hydrogen) atoms. The maximum Gasteiger partial charge on any atom is 0.280 e. The van der Waals surface area contributed by atoms with Crippen molar-refractivity contribution in [3.63, 3.8) is 0 Å². The fraction of sp³-hybridized carbons (Fsp3) is 0.238. The quantitative estimate of drug-likeness (QED) is 0.460. The Morgan fingerprint density at radius 1 is 1.21 bits per heavy atom. The number of rotatable bonds is 7. The lowest BCUT2D eigenvalue weighted by atomic mass is 10.2. The van der Waals surface area contributed by atoms with E-state index in [2.05, 4.69) is 10.1 Å². The van der Waals surface area contributed by atoms with Crippen LogP contribution in [0.2, 0.25) is 0 Å². The number of hydrogen-bond donors (Lipinski definition) is 0. The molecule has 0 spiro atoms. The Morgan fingerprint density at radius 2 is 2.10 bits per heavy atom. The molecule has 8 heteroatoms. The van der Waals surface area contributed by atoms with Gasteiger partial charge in [0.2, 0.25) is 0 Å². The Hall–Kier alpha value is -3.26. The number of nitrogens with zero attached hydrogens (tertiary/aromatic N) is 5. The van der Waals surface area contributed by atoms with Gasteiger partial charge in [0.15, 0.2) is 10.8 Å². The molecule has 0 unspecified atom stereocenters. The minimum atomic E-state index is -0.196. The Bertz CT molecular complexity index is 1120. The summed E-state index contributed by atoms with van der Waals surface area (Å²) in [6.07, 6.45) is 5.27. The number of pyridine rings is 1. The molecular weight excluding hydrogens is 386 g/mol. The van der Waals surface area contributed by atoms with E-state index in [9.17, 15) is 4.79 Å². The van der Waals surface area contributed by atoms with Gasteiger partial charge < -0.3 is 4.74 Å². The molecule has 4 aromatic rings. The van der Waals surface area contributed by atoms with Crippen LogP contribution in [0.3, 0.4) is 0 Å². The third kappa shape index (κ3) is 3.97. The SMILES string of the molecule is CCOc1cccc2sc(N(Cc3cccnc3)C(=O)c3ccn(CC)n3)nc12. The summed E-state index contributed by atoms with van der Waals surface area (Å²) in [6.45, 7) is 5.54. The molecule has 1 amide bonds. The summed E-state index contributed by atoms with van der Waals surface area (Å²) in [5, 5.41) is 4.98. The van der Waals surface area contributed by atoms with Gasteiger partial charge in [0.05, 0.1) is 17.9 Å². The highest BCUT2D eigenvalue weighted by atomic mass is 32.1. The minimum absolute atomic E-state index is 0.196. The number of thiazole rings is 1. The maximum absolute atomic E-state index is 13.3. The van der Waals surface area contributed by atoms with E-state index in [1.165, 1.54) is 11.3 Å². The monoisotopic (exact) mass is 407 g/mol. The lowest BCUT2D eigenvalue weighted by molar-refractivity contribution is 0.0979. The number of hydrogen-bond acceptors (Lipinski definition) is 6. The number of ether oxygens (including phenoxy) is 1. The predicted molar refractivity (Wildman–Crippen MR) is 113 cm³/mol. The van der Waals surface area contributed by atoms with Crippen LogP contribution >= 0.6 is 11.3 Å². The maximum atomic E-state index is 13.3. The van der Waals surface area contributed by atoms with Crippen molar-refractivity contribution in [3.8, 4) is 5.75 Å². The second kappa shape index (κ2) is 8.40. The smallest absolute Gasteiger partial charge is 0.280 e. The van der Waals surface area contributed by atoms with Gasteiger partial charge >= 0.3 is 0 Å². The third-order valence-electron chi connectivity index (χ3n) is 4.39. The van der Waals surface area contributed by atoms with Gasteiger partial charge in [0.1, 0.15) is 11.3 Å². The summed E-state index contributed by atoms with van der Waals surface area (Å²) in [4.78, 5) is 23.9. The van der Waals surface area contributed by atoms with Crippen molar-refractivity contribution >= 4 is 32.6 Å². The van der Waals surface area contributed by atoms with Crippen LogP contribution < -0.4 is 9.64 Å². The van der Waals surface area contributed by atoms with Crippen LogP contribution in [0, 0.1) is 0 Å². The first-order chi connectivity index (χ1) is 14.2. The van der Waals surface area contributed by atoms with Crippen molar-refractivity contribution in [2.45, 2.75) is 26.9 Å². The molecule has 0 saturated carbocycles. The molecule has 0 fully saturated rings. The van der Waals surface area contributed by atoms with Crippen molar-refractivity contribution in [1.29, 1.82) is 0 Å². The zero-order chi connectivity index (χ0) is 20.2. The molecule has 0 aliphatic rings. The van der Waals surface area contributed by atoms with Gasteiger partial charge in [-0.3, -0.25) is 19.4 Å². The van der Waals surface area contributed by atoms with Gasteiger partial charge in [0, 0.05) is 25.1 Å². The van der Waals surface area contributed by atoms with Crippen molar-refractivity contribution in [1.82, 2.24) is 19.7 Å². The summed E-state index contributed by atoms with van der Waals surface area (Å²) in [6, 6.07) is 11.3. The fourth-order valence-corrected chi connectivity index (χ4v) is 3.97. The van der Waals surface area contributed by atoms with Gasteiger partial charge in [-0.2, -0.15) is 5.10 Å². The molecule has 3 aromatic heterocycles. The second-order valence-corrected chi connectivity index (χ2v) is 7.35. The molecule has 7 nitrogen and oxygen atoms in total. The van der Waals surface area contributed by atoms with Gasteiger partial charge in [-0.05, 0) is 43.7 Å².